The van der Waals surface area contributed by atoms with E-state index in [4.69, 9.17) is 11.6 Å². The standard InChI is InChI=1S/C12H15ClO/c1-8(2)10-4-6-11(7-5-10)12(14)9(3)13/h4-9H,1-3H3. The fraction of sp³-hybridized carbons (Fsp3) is 0.417. The second kappa shape index (κ2) is 4.61. The molecule has 0 saturated carbocycles. The second-order valence-electron chi connectivity index (χ2n) is 3.76. The summed E-state index contributed by atoms with van der Waals surface area (Å²) in [7, 11) is 0. The molecule has 0 N–H and O–H groups in total. The summed E-state index contributed by atoms with van der Waals surface area (Å²) in [4.78, 5) is 11.5. The van der Waals surface area contributed by atoms with E-state index < -0.39 is 5.38 Å². The zero-order valence-corrected chi connectivity index (χ0v) is 9.51. The Labute approximate surface area is 90.1 Å². The van der Waals surface area contributed by atoms with Gasteiger partial charge < -0.3 is 0 Å². The van der Waals surface area contributed by atoms with Gasteiger partial charge in [-0.1, -0.05) is 38.1 Å². The summed E-state index contributed by atoms with van der Waals surface area (Å²) in [6.07, 6.45) is 0. The second-order valence-corrected chi connectivity index (χ2v) is 4.41. The molecule has 1 aromatic rings. The first kappa shape index (κ1) is 11.3. The fourth-order valence-corrected chi connectivity index (χ4v) is 1.39. The molecular weight excluding hydrogens is 196 g/mol. The smallest absolute Gasteiger partial charge is 0.180 e. The van der Waals surface area contributed by atoms with Crippen LogP contribution in [-0.4, -0.2) is 11.2 Å². The van der Waals surface area contributed by atoms with E-state index in [1.807, 2.05) is 24.3 Å². The SMILES string of the molecule is CC(Cl)C(=O)c1ccc(C(C)C)cc1. The van der Waals surface area contributed by atoms with E-state index in [9.17, 15) is 4.79 Å². The molecule has 0 fully saturated rings. The van der Waals surface area contributed by atoms with Gasteiger partial charge in [0.25, 0.3) is 0 Å². The highest BCUT2D eigenvalue weighted by molar-refractivity contribution is 6.33. The van der Waals surface area contributed by atoms with Crippen LogP contribution in [0.3, 0.4) is 0 Å². The summed E-state index contributed by atoms with van der Waals surface area (Å²) in [5.74, 6) is 0.481. The number of alkyl halides is 1. The Morgan fingerprint density at radius 2 is 1.64 bits per heavy atom. The topological polar surface area (TPSA) is 17.1 Å². The van der Waals surface area contributed by atoms with Crippen molar-refractivity contribution in [1.29, 1.82) is 0 Å². The van der Waals surface area contributed by atoms with Gasteiger partial charge in [-0.15, -0.1) is 11.6 Å². The van der Waals surface area contributed by atoms with Crippen molar-refractivity contribution in [1.82, 2.24) is 0 Å². The van der Waals surface area contributed by atoms with Gasteiger partial charge in [0.1, 0.15) is 0 Å². The highest BCUT2D eigenvalue weighted by atomic mass is 35.5. The zero-order chi connectivity index (χ0) is 10.7. The fourth-order valence-electron chi connectivity index (χ4n) is 1.26. The Kier molecular flexibility index (Phi) is 3.70. The molecular formula is C12H15ClO. The molecule has 0 saturated heterocycles. The molecule has 0 heterocycles. The number of benzene rings is 1. The van der Waals surface area contributed by atoms with Crippen molar-refractivity contribution in [3.63, 3.8) is 0 Å². The van der Waals surface area contributed by atoms with Crippen LogP contribution < -0.4 is 0 Å². The Morgan fingerprint density at radius 3 is 2.00 bits per heavy atom. The largest absolute Gasteiger partial charge is 0.293 e. The van der Waals surface area contributed by atoms with Crippen molar-refractivity contribution in [3.05, 3.63) is 35.4 Å². The van der Waals surface area contributed by atoms with Gasteiger partial charge in [-0.3, -0.25) is 4.79 Å². The monoisotopic (exact) mass is 210 g/mol. The van der Waals surface area contributed by atoms with Crippen LogP contribution in [0.25, 0.3) is 0 Å². The highest BCUT2D eigenvalue weighted by Gasteiger charge is 2.11. The number of hydrogen-bond acceptors (Lipinski definition) is 1. The predicted octanol–water partition coefficient (Wildman–Crippen LogP) is 3.62. The van der Waals surface area contributed by atoms with Gasteiger partial charge in [-0.25, -0.2) is 0 Å². The average Bonchev–Trinajstić information content (AvgIpc) is 2.16. The lowest BCUT2D eigenvalue weighted by Gasteiger charge is -2.06. The Bertz CT molecular complexity index is 312. The third-order valence-electron chi connectivity index (χ3n) is 2.22. The lowest BCUT2D eigenvalue weighted by Crippen LogP contribution is -2.10. The number of carbonyl (C=O) groups excluding carboxylic acids is 1. The van der Waals surface area contributed by atoms with Gasteiger partial charge in [0.15, 0.2) is 5.78 Å². The van der Waals surface area contributed by atoms with Crippen LogP contribution in [0.1, 0.15) is 42.6 Å². The molecule has 76 valence electrons. The summed E-state index contributed by atoms with van der Waals surface area (Å²) in [6, 6.07) is 7.65. The number of rotatable bonds is 3. The van der Waals surface area contributed by atoms with Crippen LogP contribution in [0.15, 0.2) is 24.3 Å². The van der Waals surface area contributed by atoms with E-state index >= 15 is 0 Å². The molecule has 1 rings (SSSR count). The van der Waals surface area contributed by atoms with Crippen LogP contribution in [0, 0.1) is 0 Å². The van der Waals surface area contributed by atoms with E-state index in [1.165, 1.54) is 5.56 Å². The Balaban J connectivity index is 2.89. The summed E-state index contributed by atoms with van der Waals surface area (Å²) in [5.41, 5.74) is 1.93. The minimum atomic E-state index is -0.445. The van der Waals surface area contributed by atoms with Crippen LogP contribution in [0.5, 0.6) is 0 Å². The first-order chi connectivity index (χ1) is 6.52. The van der Waals surface area contributed by atoms with Crippen molar-refractivity contribution in [2.45, 2.75) is 32.1 Å². The molecule has 0 aliphatic rings. The maximum atomic E-state index is 11.5. The molecule has 0 amide bonds. The number of Topliss-reactive ketones (excluding diaryl/α,β-unsaturated/α-hetero) is 1. The van der Waals surface area contributed by atoms with Crippen LogP contribution in [0.2, 0.25) is 0 Å². The van der Waals surface area contributed by atoms with Crippen molar-refractivity contribution in [2.24, 2.45) is 0 Å². The molecule has 1 unspecified atom stereocenters. The van der Waals surface area contributed by atoms with Gasteiger partial charge >= 0.3 is 0 Å². The summed E-state index contributed by atoms with van der Waals surface area (Å²) in [5, 5.41) is -0.445. The first-order valence-electron chi connectivity index (χ1n) is 4.80. The van der Waals surface area contributed by atoms with Gasteiger partial charge in [-0.2, -0.15) is 0 Å². The molecule has 0 aromatic heterocycles. The van der Waals surface area contributed by atoms with Crippen molar-refractivity contribution < 1.29 is 4.79 Å². The molecule has 0 bridgehead atoms. The van der Waals surface area contributed by atoms with E-state index in [0.29, 0.717) is 11.5 Å². The lowest BCUT2D eigenvalue weighted by atomic mass is 10.00. The molecule has 1 atom stereocenters. The average molecular weight is 211 g/mol. The molecule has 0 spiro atoms. The number of carbonyl (C=O) groups is 1. The molecule has 14 heavy (non-hydrogen) atoms. The number of ketones is 1. The van der Waals surface area contributed by atoms with Gasteiger partial charge in [-0.05, 0) is 18.4 Å². The normalized spacial score (nSPS) is 12.9. The van der Waals surface area contributed by atoms with Crippen molar-refractivity contribution in [3.8, 4) is 0 Å². The minimum Gasteiger partial charge on any atom is -0.293 e. The summed E-state index contributed by atoms with van der Waals surface area (Å²) in [6.45, 7) is 5.95. The van der Waals surface area contributed by atoms with Crippen molar-refractivity contribution >= 4 is 17.4 Å². The van der Waals surface area contributed by atoms with E-state index in [-0.39, 0.29) is 5.78 Å². The predicted molar refractivity (Wildman–Crippen MR) is 60.2 cm³/mol. The lowest BCUT2D eigenvalue weighted by molar-refractivity contribution is 0.0991. The number of hydrogen-bond donors (Lipinski definition) is 0. The van der Waals surface area contributed by atoms with Gasteiger partial charge in [0.05, 0.1) is 5.38 Å². The maximum Gasteiger partial charge on any atom is 0.180 e. The molecule has 1 nitrogen and oxygen atoms in total. The quantitative estimate of drug-likeness (QED) is 0.550. The van der Waals surface area contributed by atoms with Crippen LogP contribution in [0.4, 0.5) is 0 Å². The third-order valence-corrected chi connectivity index (χ3v) is 2.42. The Hall–Kier alpha value is -0.820. The molecule has 0 radical (unpaired) electrons. The van der Waals surface area contributed by atoms with Crippen molar-refractivity contribution in [2.75, 3.05) is 0 Å². The molecule has 2 heteroatoms. The van der Waals surface area contributed by atoms with Crippen LogP contribution in [-0.2, 0) is 0 Å². The van der Waals surface area contributed by atoms with E-state index in [2.05, 4.69) is 13.8 Å². The molecule has 0 aliphatic carbocycles. The third kappa shape index (κ3) is 2.58. The first-order valence-corrected chi connectivity index (χ1v) is 5.24. The van der Waals surface area contributed by atoms with Crippen LogP contribution >= 0.6 is 11.6 Å². The molecule has 1 aromatic carbocycles. The number of halogens is 1. The maximum absolute atomic E-state index is 11.5. The van der Waals surface area contributed by atoms with E-state index in [1.54, 1.807) is 6.92 Å². The zero-order valence-electron chi connectivity index (χ0n) is 8.75. The molecule has 0 aliphatic heterocycles. The summed E-state index contributed by atoms with van der Waals surface area (Å²) < 4.78 is 0. The van der Waals surface area contributed by atoms with Gasteiger partial charge in [0, 0.05) is 5.56 Å². The highest BCUT2D eigenvalue weighted by Crippen LogP contribution is 2.16. The summed E-state index contributed by atoms with van der Waals surface area (Å²) >= 11 is 5.72. The van der Waals surface area contributed by atoms with E-state index in [0.717, 1.165) is 0 Å². The Morgan fingerprint density at radius 1 is 1.14 bits per heavy atom. The van der Waals surface area contributed by atoms with Gasteiger partial charge in [0.2, 0.25) is 0 Å². The minimum absolute atomic E-state index is 0.0121.